The fourth-order valence-electron chi connectivity index (χ4n) is 1.90. The highest BCUT2D eigenvalue weighted by atomic mass is 15.0. The Bertz CT molecular complexity index is 614. The monoisotopic (exact) mass is 252 g/mol. The lowest BCUT2D eigenvalue weighted by Gasteiger charge is -2.09. The van der Waals surface area contributed by atoms with E-state index in [0.29, 0.717) is 17.1 Å². The molecule has 19 heavy (non-hydrogen) atoms. The maximum atomic E-state index is 8.89. The second-order valence-corrected chi connectivity index (χ2v) is 4.40. The van der Waals surface area contributed by atoms with E-state index in [4.69, 9.17) is 11.0 Å². The minimum absolute atomic E-state index is 0.411. The summed E-state index contributed by atoms with van der Waals surface area (Å²) in [6.45, 7) is 2.81. The molecule has 96 valence electrons. The van der Waals surface area contributed by atoms with Gasteiger partial charge in [-0.2, -0.15) is 5.26 Å². The van der Waals surface area contributed by atoms with Crippen LogP contribution in [0.2, 0.25) is 0 Å². The second-order valence-electron chi connectivity index (χ2n) is 4.40. The molecule has 0 atom stereocenters. The van der Waals surface area contributed by atoms with Crippen LogP contribution in [0.1, 0.15) is 16.7 Å². The average molecular weight is 252 g/mol. The molecular formula is C15H16N4. The number of hydrogen-bond donors (Lipinski definition) is 2. The molecule has 0 saturated heterocycles. The van der Waals surface area contributed by atoms with Gasteiger partial charge in [0.1, 0.15) is 6.07 Å². The molecule has 0 unspecified atom stereocenters. The van der Waals surface area contributed by atoms with Crippen LogP contribution in [0, 0.1) is 18.3 Å². The van der Waals surface area contributed by atoms with Crippen LogP contribution in [0.4, 0.5) is 11.5 Å². The zero-order valence-electron chi connectivity index (χ0n) is 10.9. The van der Waals surface area contributed by atoms with Gasteiger partial charge in [-0.1, -0.05) is 29.8 Å². The van der Waals surface area contributed by atoms with E-state index in [2.05, 4.69) is 35.4 Å². The third kappa shape index (κ3) is 3.23. The van der Waals surface area contributed by atoms with E-state index in [1.807, 2.05) is 12.1 Å². The van der Waals surface area contributed by atoms with Gasteiger partial charge in [-0.15, -0.1) is 0 Å². The van der Waals surface area contributed by atoms with E-state index in [0.717, 1.165) is 13.0 Å². The minimum Gasteiger partial charge on any atom is -0.395 e. The smallest absolute Gasteiger partial charge is 0.150 e. The summed E-state index contributed by atoms with van der Waals surface area (Å²) in [7, 11) is 0. The van der Waals surface area contributed by atoms with Crippen LogP contribution in [0.25, 0.3) is 0 Å². The SMILES string of the molecule is Cc1cccc(CCNc2nccc(C#N)c2N)c1. The zero-order chi connectivity index (χ0) is 13.7. The molecule has 1 heterocycles. The van der Waals surface area contributed by atoms with Crippen LogP contribution in [0.15, 0.2) is 36.5 Å². The van der Waals surface area contributed by atoms with Crippen molar-refractivity contribution in [2.24, 2.45) is 0 Å². The topological polar surface area (TPSA) is 74.7 Å². The second kappa shape index (κ2) is 5.87. The Balaban J connectivity index is 1.98. The molecule has 0 amide bonds. The number of rotatable bonds is 4. The molecule has 0 aliphatic rings. The van der Waals surface area contributed by atoms with Gasteiger partial charge < -0.3 is 11.1 Å². The first-order chi connectivity index (χ1) is 9.20. The van der Waals surface area contributed by atoms with Crippen LogP contribution in [-0.2, 0) is 6.42 Å². The molecule has 3 N–H and O–H groups in total. The first-order valence-electron chi connectivity index (χ1n) is 6.14. The third-order valence-corrected chi connectivity index (χ3v) is 2.90. The largest absolute Gasteiger partial charge is 0.395 e. The maximum Gasteiger partial charge on any atom is 0.150 e. The van der Waals surface area contributed by atoms with Crippen molar-refractivity contribution >= 4 is 11.5 Å². The van der Waals surface area contributed by atoms with Gasteiger partial charge in [-0.3, -0.25) is 0 Å². The lowest BCUT2D eigenvalue weighted by atomic mass is 10.1. The Morgan fingerprint density at radius 1 is 1.37 bits per heavy atom. The number of nitriles is 1. The van der Waals surface area contributed by atoms with Crippen molar-refractivity contribution in [2.75, 3.05) is 17.6 Å². The molecule has 0 aliphatic heterocycles. The molecule has 0 saturated carbocycles. The standard InChI is InChI=1S/C15H16N4/c1-11-3-2-4-12(9-11)5-7-18-15-14(17)13(10-16)6-8-19-15/h2-4,6,8-9H,5,7,17H2,1H3,(H,18,19). The number of aryl methyl sites for hydroxylation is 1. The van der Waals surface area contributed by atoms with Crippen LogP contribution >= 0.6 is 0 Å². The average Bonchev–Trinajstić information content (AvgIpc) is 2.41. The Kier molecular flexibility index (Phi) is 3.99. The predicted molar refractivity (Wildman–Crippen MR) is 76.7 cm³/mol. The summed E-state index contributed by atoms with van der Waals surface area (Å²) < 4.78 is 0. The summed E-state index contributed by atoms with van der Waals surface area (Å²) in [5, 5.41) is 12.1. The van der Waals surface area contributed by atoms with Crippen molar-refractivity contribution in [3.05, 3.63) is 53.2 Å². The molecule has 2 rings (SSSR count). The van der Waals surface area contributed by atoms with E-state index < -0.39 is 0 Å². The van der Waals surface area contributed by atoms with Gasteiger partial charge in [-0.25, -0.2) is 4.98 Å². The molecule has 1 aromatic carbocycles. The predicted octanol–water partition coefficient (Wildman–Crippen LogP) is 2.50. The molecule has 4 nitrogen and oxygen atoms in total. The highest BCUT2D eigenvalue weighted by Gasteiger charge is 2.05. The molecule has 2 aromatic rings. The maximum absolute atomic E-state index is 8.89. The lowest BCUT2D eigenvalue weighted by Crippen LogP contribution is -2.09. The number of nitrogens with one attached hydrogen (secondary N) is 1. The number of hydrogen-bond acceptors (Lipinski definition) is 4. The number of pyridine rings is 1. The van der Waals surface area contributed by atoms with Gasteiger partial charge in [0.25, 0.3) is 0 Å². The van der Waals surface area contributed by atoms with Gasteiger partial charge >= 0.3 is 0 Å². The van der Waals surface area contributed by atoms with E-state index >= 15 is 0 Å². The molecule has 0 spiro atoms. The summed E-state index contributed by atoms with van der Waals surface area (Å²) in [6.07, 6.45) is 2.48. The first-order valence-corrected chi connectivity index (χ1v) is 6.14. The number of benzene rings is 1. The van der Waals surface area contributed by atoms with E-state index in [-0.39, 0.29) is 0 Å². The van der Waals surface area contributed by atoms with Crippen molar-refractivity contribution in [3.63, 3.8) is 0 Å². The highest BCUT2D eigenvalue weighted by Crippen LogP contribution is 2.18. The van der Waals surface area contributed by atoms with Gasteiger partial charge in [0.15, 0.2) is 5.82 Å². The van der Waals surface area contributed by atoms with Crippen LogP contribution in [-0.4, -0.2) is 11.5 Å². The Morgan fingerprint density at radius 3 is 2.95 bits per heavy atom. The first kappa shape index (κ1) is 12.9. The zero-order valence-corrected chi connectivity index (χ0v) is 10.9. The normalized spacial score (nSPS) is 9.89. The van der Waals surface area contributed by atoms with Crippen molar-refractivity contribution < 1.29 is 0 Å². The van der Waals surface area contributed by atoms with Gasteiger partial charge in [-0.05, 0) is 25.0 Å². The van der Waals surface area contributed by atoms with Crippen LogP contribution < -0.4 is 11.1 Å². The van der Waals surface area contributed by atoms with Gasteiger partial charge in [0, 0.05) is 12.7 Å². The summed E-state index contributed by atoms with van der Waals surface area (Å²) in [6, 6.07) is 12.0. The number of nitrogen functional groups attached to an aromatic ring is 1. The lowest BCUT2D eigenvalue weighted by molar-refractivity contribution is 1.00. The summed E-state index contributed by atoms with van der Waals surface area (Å²) in [5.74, 6) is 0.576. The fourth-order valence-corrected chi connectivity index (χ4v) is 1.90. The van der Waals surface area contributed by atoms with Crippen molar-refractivity contribution in [1.29, 1.82) is 5.26 Å². The number of nitrogens with zero attached hydrogens (tertiary/aromatic N) is 2. The fraction of sp³-hybridized carbons (Fsp3) is 0.200. The molecule has 0 aliphatic carbocycles. The Morgan fingerprint density at radius 2 is 2.21 bits per heavy atom. The van der Waals surface area contributed by atoms with Crippen molar-refractivity contribution in [3.8, 4) is 6.07 Å². The van der Waals surface area contributed by atoms with Crippen molar-refractivity contribution in [1.82, 2.24) is 4.98 Å². The molecule has 0 radical (unpaired) electrons. The Hall–Kier alpha value is -2.54. The molecule has 0 bridgehead atoms. The number of aromatic nitrogens is 1. The number of anilines is 2. The molecular weight excluding hydrogens is 236 g/mol. The molecule has 0 fully saturated rings. The van der Waals surface area contributed by atoms with Gasteiger partial charge in [0.2, 0.25) is 0 Å². The molecule has 1 aromatic heterocycles. The quantitative estimate of drug-likeness (QED) is 0.876. The number of nitrogens with two attached hydrogens (primary N) is 1. The Labute approximate surface area is 112 Å². The highest BCUT2D eigenvalue weighted by molar-refractivity contribution is 5.68. The van der Waals surface area contributed by atoms with E-state index in [1.54, 1.807) is 12.3 Å². The van der Waals surface area contributed by atoms with Crippen LogP contribution in [0.5, 0.6) is 0 Å². The summed E-state index contributed by atoms with van der Waals surface area (Å²) >= 11 is 0. The van der Waals surface area contributed by atoms with Crippen molar-refractivity contribution in [2.45, 2.75) is 13.3 Å². The van der Waals surface area contributed by atoms with E-state index in [9.17, 15) is 0 Å². The third-order valence-electron chi connectivity index (χ3n) is 2.90. The summed E-state index contributed by atoms with van der Waals surface area (Å²) in [4.78, 5) is 4.15. The van der Waals surface area contributed by atoms with Gasteiger partial charge in [0.05, 0.1) is 11.3 Å². The van der Waals surface area contributed by atoms with E-state index in [1.165, 1.54) is 11.1 Å². The minimum atomic E-state index is 0.411. The summed E-state index contributed by atoms with van der Waals surface area (Å²) in [5.41, 5.74) is 9.23. The van der Waals surface area contributed by atoms with Crippen LogP contribution in [0.3, 0.4) is 0 Å². The molecule has 4 heteroatoms.